The van der Waals surface area contributed by atoms with E-state index in [4.69, 9.17) is 18.9 Å². The van der Waals surface area contributed by atoms with Crippen LogP contribution < -0.4 is 16.1 Å². The van der Waals surface area contributed by atoms with Crippen molar-refractivity contribution in [3.63, 3.8) is 0 Å². The normalized spacial score (nSPS) is 12.4. The van der Waals surface area contributed by atoms with Crippen LogP contribution >= 0.6 is 0 Å². The van der Waals surface area contributed by atoms with E-state index >= 15 is 0 Å². The van der Waals surface area contributed by atoms with E-state index in [1.54, 1.807) is 31.2 Å². The van der Waals surface area contributed by atoms with Crippen LogP contribution in [0.15, 0.2) is 65.8 Å². The minimum absolute atomic E-state index is 0.110. The fraction of sp³-hybridized carbons (Fsp3) is 0.436. The largest absolute Gasteiger partial charge is 0.379 e. The van der Waals surface area contributed by atoms with Gasteiger partial charge in [0.25, 0.3) is 17.7 Å². The molecule has 3 aromatic rings. The number of rotatable bonds is 27. The third kappa shape index (κ3) is 17.2. The molecule has 1 aliphatic heterocycles. The fourth-order valence-corrected chi connectivity index (χ4v) is 5.06. The number of carbonyl (C=O) groups excluding carboxylic acids is 5. The van der Waals surface area contributed by atoms with Gasteiger partial charge in [-0.3, -0.25) is 28.9 Å². The minimum Gasteiger partial charge on any atom is -0.379 e. The predicted octanol–water partition coefficient (Wildman–Crippen LogP) is 1.68. The number of unbranched alkanes of at least 4 members (excludes halogenated alkanes) is 2. The molecule has 0 saturated heterocycles. The van der Waals surface area contributed by atoms with Crippen molar-refractivity contribution in [1.29, 1.82) is 0 Å². The van der Waals surface area contributed by atoms with Crippen LogP contribution in [0.25, 0.3) is 11.4 Å². The van der Waals surface area contributed by atoms with Crippen LogP contribution in [-0.4, -0.2) is 127 Å². The Labute approximate surface area is 330 Å². The van der Waals surface area contributed by atoms with E-state index in [2.05, 4.69) is 41.6 Å². The second-order valence-electron chi connectivity index (χ2n) is 12.6. The molecule has 0 bridgehead atoms. The van der Waals surface area contributed by atoms with Gasteiger partial charge in [0.15, 0.2) is 5.82 Å². The molecule has 2 aromatic carbocycles. The molecule has 0 spiro atoms. The zero-order chi connectivity index (χ0) is 40.5. The van der Waals surface area contributed by atoms with E-state index in [0.29, 0.717) is 108 Å². The molecule has 18 nitrogen and oxygen atoms in total. The van der Waals surface area contributed by atoms with Gasteiger partial charge < -0.3 is 29.6 Å². The maximum atomic E-state index is 12.4. The van der Waals surface area contributed by atoms with Gasteiger partial charge in [-0.05, 0) is 43.0 Å². The third-order valence-corrected chi connectivity index (χ3v) is 8.16. The number of hydrogen-bond acceptors (Lipinski definition) is 14. The van der Waals surface area contributed by atoms with Crippen molar-refractivity contribution in [3.05, 3.63) is 83.2 Å². The van der Waals surface area contributed by atoms with Gasteiger partial charge in [-0.1, -0.05) is 42.8 Å². The summed E-state index contributed by atoms with van der Waals surface area (Å²) in [4.78, 5) is 60.8. The summed E-state index contributed by atoms with van der Waals surface area (Å²) in [5.74, 6) is -0.242. The lowest BCUT2D eigenvalue weighted by Crippen LogP contribution is -2.30. The number of carbonyl (C=O) groups is 5. The van der Waals surface area contributed by atoms with Gasteiger partial charge >= 0.3 is 0 Å². The molecule has 5 amide bonds. The van der Waals surface area contributed by atoms with Crippen molar-refractivity contribution in [3.8, 4) is 11.4 Å². The zero-order valence-electron chi connectivity index (χ0n) is 32.0. The number of aryl methyl sites for hydroxylation is 1. The standard InChI is InChI=1S/C39H49N9O9/c1-29-43-46-38(47-44-29)32-10-6-30(7-11-32)27-41-34(49)16-19-54-21-23-56-25-26-57-24-22-55-20-17-40-39(53)33-12-8-31(9-13-33)28-42-45-35(50)5-3-2-4-18-48-36(51)14-15-37(48)52/h6-15,28H,2-5,16-27H2,1H3,(H,40,53)(H,41,49)(H,45,50)/b42-28+. The molecule has 0 aliphatic carbocycles. The Balaban J connectivity index is 0.896. The Bertz CT molecular complexity index is 1770. The molecule has 18 heteroatoms. The maximum absolute atomic E-state index is 12.4. The number of hydrazone groups is 1. The van der Waals surface area contributed by atoms with Crippen LogP contribution in [0.5, 0.6) is 0 Å². The summed E-state index contributed by atoms with van der Waals surface area (Å²) in [6.07, 6.45) is 6.45. The molecule has 0 unspecified atom stereocenters. The summed E-state index contributed by atoms with van der Waals surface area (Å²) in [5, 5.41) is 25.5. The number of amides is 5. The molecule has 57 heavy (non-hydrogen) atoms. The molecule has 4 rings (SSSR count). The van der Waals surface area contributed by atoms with Crippen LogP contribution in [0.3, 0.4) is 0 Å². The van der Waals surface area contributed by atoms with Gasteiger partial charge in [-0.15, -0.1) is 20.4 Å². The van der Waals surface area contributed by atoms with E-state index < -0.39 is 0 Å². The molecule has 1 aliphatic rings. The number of nitrogens with one attached hydrogen (secondary N) is 3. The van der Waals surface area contributed by atoms with Crippen molar-refractivity contribution in [2.75, 3.05) is 65.9 Å². The quantitative estimate of drug-likeness (QED) is 0.0433. The van der Waals surface area contributed by atoms with Crippen molar-refractivity contribution in [2.24, 2.45) is 5.10 Å². The van der Waals surface area contributed by atoms with Crippen LogP contribution in [0.4, 0.5) is 0 Å². The average molecular weight is 788 g/mol. The SMILES string of the molecule is Cc1nnc(-c2ccc(CNC(=O)CCOCCOCCOCCOCCNC(=O)c3ccc(/C=N/NC(=O)CCCCCN4C(=O)C=CC4=O)cc3)cc2)nn1. The van der Waals surface area contributed by atoms with Crippen molar-refractivity contribution in [1.82, 2.24) is 41.4 Å². The Morgan fingerprint density at radius 1 is 0.684 bits per heavy atom. The molecule has 1 aromatic heterocycles. The van der Waals surface area contributed by atoms with Gasteiger partial charge in [-0.25, -0.2) is 5.43 Å². The number of aromatic nitrogens is 4. The first-order valence-electron chi connectivity index (χ1n) is 18.7. The molecule has 304 valence electrons. The third-order valence-electron chi connectivity index (χ3n) is 8.16. The lowest BCUT2D eigenvalue weighted by molar-refractivity contribution is -0.137. The molecule has 2 heterocycles. The van der Waals surface area contributed by atoms with Crippen LogP contribution in [0, 0.1) is 6.92 Å². The summed E-state index contributed by atoms with van der Waals surface area (Å²) in [6, 6.07) is 14.3. The Morgan fingerprint density at radius 2 is 1.30 bits per heavy atom. The average Bonchev–Trinajstić information content (AvgIpc) is 3.54. The first-order chi connectivity index (χ1) is 27.8. The van der Waals surface area contributed by atoms with Gasteiger partial charge in [0.2, 0.25) is 17.6 Å². The first kappa shape index (κ1) is 43.9. The van der Waals surface area contributed by atoms with Gasteiger partial charge in [0, 0.05) is 55.8 Å². The molecule has 0 fully saturated rings. The molecule has 0 saturated carbocycles. The number of hydrogen-bond donors (Lipinski definition) is 3. The number of imide groups is 1. The summed E-state index contributed by atoms with van der Waals surface area (Å²) in [6.45, 7) is 5.71. The fourth-order valence-electron chi connectivity index (χ4n) is 5.06. The smallest absolute Gasteiger partial charge is 0.253 e. The van der Waals surface area contributed by atoms with E-state index in [0.717, 1.165) is 11.1 Å². The Kier molecular flexibility index (Phi) is 19.5. The zero-order valence-corrected chi connectivity index (χ0v) is 32.0. The maximum Gasteiger partial charge on any atom is 0.253 e. The second-order valence-corrected chi connectivity index (χ2v) is 12.6. The van der Waals surface area contributed by atoms with Crippen LogP contribution in [-0.2, 0) is 44.7 Å². The monoisotopic (exact) mass is 787 g/mol. The van der Waals surface area contributed by atoms with E-state index in [1.165, 1.54) is 23.3 Å². The minimum atomic E-state index is -0.301. The van der Waals surface area contributed by atoms with Crippen molar-refractivity contribution >= 4 is 35.8 Å². The topological polar surface area (TPSA) is 226 Å². The van der Waals surface area contributed by atoms with Gasteiger partial charge in [-0.2, -0.15) is 5.10 Å². The predicted molar refractivity (Wildman–Crippen MR) is 206 cm³/mol. The summed E-state index contributed by atoms with van der Waals surface area (Å²) in [7, 11) is 0. The summed E-state index contributed by atoms with van der Waals surface area (Å²) < 4.78 is 22.0. The molecule has 0 radical (unpaired) electrons. The van der Waals surface area contributed by atoms with Crippen LogP contribution in [0.1, 0.15) is 59.4 Å². The molecule has 3 N–H and O–H groups in total. The highest BCUT2D eigenvalue weighted by Gasteiger charge is 2.22. The van der Waals surface area contributed by atoms with Gasteiger partial charge in [0.1, 0.15) is 0 Å². The molecular weight excluding hydrogens is 738 g/mol. The summed E-state index contributed by atoms with van der Waals surface area (Å²) in [5.41, 5.74) is 5.40. The van der Waals surface area contributed by atoms with E-state index in [1.807, 2.05) is 24.3 Å². The Hall–Kier alpha value is -5.82. The number of nitrogens with zero attached hydrogens (tertiary/aromatic N) is 6. The highest BCUT2D eigenvalue weighted by Crippen LogP contribution is 2.14. The van der Waals surface area contributed by atoms with E-state index in [9.17, 15) is 24.0 Å². The summed E-state index contributed by atoms with van der Waals surface area (Å²) >= 11 is 0. The lowest BCUT2D eigenvalue weighted by atomic mass is 10.1. The highest BCUT2D eigenvalue weighted by molar-refractivity contribution is 6.12. The molecular formula is C39H49N9O9. The molecule has 0 atom stereocenters. The second kappa shape index (κ2) is 25.4. The van der Waals surface area contributed by atoms with Crippen molar-refractivity contribution in [2.45, 2.75) is 45.6 Å². The first-order valence-corrected chi connectivity index (χ1v) is 18.7. The van der Waals surface area contributed by atoms with Crippen LogP contribution in [0.2, 0.25) is 0 Å². The highest BCUT2D eigenvalue weighted by atomic mass is 16.6. The van der Waals surface area contributed by atoms with Crippen molar-refractivity contribution < 1.29 is 42.9 Å². The lowest BCUT2D eigenvalue weighted by Gasteiger charge is -2.12. The Morgan fingerprint density at radius 3 is 1.95 bits per heavy atom. The number of benzene rings is 2. The van der Waals surface area contributed by atoms with E-state index in [-0.39, 0.29) is 49.0 Å². The van der Waals surface area contributed by atoms with Gasteiger partial charge in [0.05, 0.1) is 59.1 Å². The number of ether oxygens (including phenoxy) is 4.